The number of nitrogens with one attached hydrogen (secondary N) is 1. The van der Waals surface area contributed by atoms with Crippen molar-refractivity contribution in [1.29, 1.82) is 0 Å². The highest BCUT2D eigenvalue weighted by molar-refractivity contribution is 5.78. The lowest BCUT2D eigenvalue weighted by molar-refractivity contribution is -0.133. The SMILES string of the molecule is CCC(CC)N(CCOC)C(=O)CNC(C)C. The van der Waals surface area contributed by atoms with Crippen molar-refractivity contribution in [1.82, 2.24) is 10.2 Å². The smallest absolute Gasteiger partial charge is 0.236 e. The normalized spacial score (nSPS) is 11.2. The van der Waals surface area contributed by atoms with E-state index >= 15 is 0 Å². The van der Waals surface area contributed by atoms with Crippen LogP contribution in [0.15, 0.2) is 0 Å². The molecule has 102 valence electrons. The van der Waals surface area contributed by atoms with Crippen LogP contribution >= 0.6 is 0 Å². The summed E-state index contributed by atoms with van der Waals surface area (Å²) in [6.07, 6.45) is 1.99. The maximum absolute atomic E-state index is 12.1. The number of methoxy groups -OCH3 is 1. The van der Waals surface area contributed by atoms with Gasteiger partial charge in [0.25, 0.3) is 0 Å². The molecule has 1 amide bonds. The van der Waals surface area contributed by atoms with E-state index in [1.165, 1.54) is 0 Å². The lowest BCUT2D eigenvalue weighted by Gasteiger charge is -2.30. The van der Waals surface area contributed by atoms with Crippen molar-refractivity contribution in [3.63, 3.8) is 0 Å². The Morgan fingerprint density at radius 3 is 2.29 bits per heavy atom. The van der Waals surface area contributed by atoms with Crippen LogP contribution < -0.4 is 5.32 Å². The van der Waals surface area contributed by atoms with Gasteiger partial charge in [-0.15, -0.1) is 0 Å². The largest absolute Gasteiger partial charge is 0.383 e. The summed E-state index contributed by atoms with van der Waals surface area (Å²) in [4.78, 5) is 14.1. The van der Waals surface area contributed by atoms with Crippen molar-refractivity contribution in [3.05, 3.63) is 0 Å². The Balaban J connectivity index is 4.37. The summed E-state index contributed by atoms with van der Waals surface area (Å²) in [5.41, 5.74) is 0. The summed E-state index contributed by atoms with van der Waals surface area (Å²) in [5, 5.41) is 3.17. The molecule has 0 aromatic rings. The minimum atomic E-state index is 0.171. The Bertz CT molecular complexity index is 204. The predicted molar refractivity (Wildman–Crippen MR) is 71.1 cm³/mol. The molecule has 0 radical (unpaired) electrons. The van der Waals surface area contributed by atoms with Crippen molar-refractivity contribution in [3.8, 4) is 0 Å². The van der Waals surface area contributed by atoms with Gasteiger partial charge in [0.05, 0.1) is 13.2 Å². The number of amides is 1. The third-order valence-electron chi connectivity index (χ3n) is 2.90. The second-order valence-corrected chi connectivity index (χ2v) is 4.59. The molecule has 0 atom stereocenters. The number of rotatable bonds is 9. The number of carbonyl (C=O) groups is 1. The van der Waals surface area contributed by atoms with Crippen LogP contribution in [0.4, 0.5) is 0 Å². The molecule has 0 saturated heterocycles. The van der Waals surface area contributed by atoms with Gasteiger partial charge in [0, 0.05) is 25.7 Å². The molecule has 4 nitrogen and oxygen atoms in total. The van der Waals surface area contributed by atoms with Crippen molar-refractivity contribution < 1.29 is 9.53 Å². The lowest BCUT2D eigenvalue weighted by atomic mass is 10.1. The summed E-state index contributed by atoms with van der Waals surface area (Å²) >= 11 is 0. The second kappa shape index (κ2) is 9.42. The molecular formula is C13H28N2O2. The van der Waals surface area contributed by atoms with E-state index < -0.39 is 0 Å². The maximum Gasteiger partial charge on any atom is 0.236 e. The number of carbonyl (C=O) groups excluding carboxylic acids is 1. The summed E-state index contributed by atoms with van der Waals surface area (Å²) in [6, 6.07) is 0.663. The second-order valence-electron chi connectivity index (χ2n) is 4.59. The molecule has 0 aromatic heterocycles. The highest BCUT2D eigenvalue weighted by Gasteiger charge is 2.20. The molecule has 4 heteroatoms. The first-order valence-corrected chi connectivity index (χ1v) is 6.58. The first-order valence-electron chi connectivity index (χ1n) is 6.58. The Kier molecular flexibility index (Phi) is 9.09. The topological polar surface area (TPSA) is 41.6 Å². The fourth-order valence-corrected chi connectivity index (χ4v) is 1.82. The molecule has 0 aliphatic carbocycles. The summed E-state index contributed by atoms with van der Waals surface area (Å²) < 4.78 is 5.07. The third kappa shape index (κ3) is 6.64. The highest BCUT2D eigenvalue weighted by Crippen LogP contribution is 2.08. The molecule has 0 spiro atoms. The zero-order chi connectivity index (χ0) is 13.3. The van der Waals surface area contributed by atoms with Crippen LogP contribution in [0.2, 0.25) is 0 Å². The Morgan fingerprint density at radius 2 is 1.88 bits per heavy atom. The molecule has 0 saturated carbocycles. The molecule has 0 bridgehead atoms. The van der Waals surface area contributed by atoms with Gasteiger partial charge in [0.1, 0.15) is 0 Å². The van der Waals surface area contributed by atoms with E-state index in [-0.39, 0.29) is 5.91 Å². The van der Waals surface area contributed by atoms with Crippen LogP contribution in [0.5, 0.6) is 0 Å². The average Bonchev–Trinajstić information content (AvgIpc) is 2.31. The van der Waals surface area contributed by atoms with Gasteiger partial charge in [-0.05, 0) is 12.8 Å². The fourth-order valence-electron chi connectivity index (χ4n) is 1.82. The number of hydrogen-bond acceptors (Lipinski definition) is 3. The van der Waals surface area contributed by atoms with E-state index in [4.69, 9.17) is 4.74 Å². The third-order valence-corrected chi connectivity index (χ3v) is 2.90. The molecule has 0 aliphatic heterocycles. The van der Waals surface area contributed by atoms with E-state index in [1.54, 1.807) is 7.11 Å². The number of nitrogens with zero attached hydrogens (tertiary/aromatic N) is 1. The molecule has 0 aliphatic rings. The van der Waals surface area contributed by atoms with Crippen LogP contribution in [0.3, 0.4) is 0 Å². The van der Waals surface area contributed by atoms with Gasteiger partial charge in [0.15, 0.2) is 0 Å². The molecule has 17 heavy (non-hydrogen) atoms. The number of ether oxygens (including phenoxy) is 1. The molecule has 1 N–H and O–H groups in total. The van der Waals surface area contributed by atoms with Gasteiger partial charge >= 0.3 is 0 Å². The van der Waals surface area contributed by atoms with E-state index in [2.05, 4.69) is 19.2 Å². The van der Waals surface area contributed by atoms with Crippen LogP contribution in [-0.2, 0) is 9.53 Å². The van der Waals surface area contributed by atoms with E-state index in [9.17, 15) is 4.79 Å². The van der Waals surface area contributed by atoms with Gasteiger partial charge in [-0.3, -0.25) is 4.79 Å². The number of hydrogen-bond donors (Lipinski definition) is 1. The molecule has 0 fully saturated rings. The van der Waals surface area contributed by atoms with Gasteiger partial charge in [0.2, 0.25) is 5.91 Å². The van der Waals surface area contributed by atoms with Gasteiger partial charge in [-0.25, -0.2) is 0 Å². The van der Waals surface area contributed by atoms with E-state index in [0.717, 1.165) is 12.8 Å². The predicted octanol–water partition coefficient (Wildman–Crippen LogP) is 1.65. The van der Waals surface area contributed by atoms with E-state index in [0.29, 0.717) is 31.8 Å². The monoisotopic (exact) mass is 244 g/mol. The van der Waals surface area contributed by atoms with Crippen LogP contribution in [0.25, 0.3) is 0 Å². The first-order chi connectivity index (χ1) is 8.06. The van der Waals surface area contributed by atoms with Crippen LogP contribution in [-0.4, -0.2) is 49.7 Å². The van der Waals surface area contributed by atoms with Crippen LogP contribution in [0.1, 0.15) is 40.5 Å². The standard InChI is InChI=1S/C13H28N2O2/c1-6-12(7-2)15(8-9-17-5)13(16)10-14-11(3)4/h11-12,14H,6-10H2,1-5H3. The Morgan fingerprint density at radius 1 is 1.29 bits per heavy atom. The quantitative estimate of drug-likeness (QED) is 0.670. The van der Waals surface area contributed by atoms with Crippen molar-refractivity contribution in [2.45, 2.75) is 52.6 Å². The molecule has 0 aromatic carbocycles. The van der Waals surface area contributed by atoms with Crippen molar-refractivity contribution >= 4 is 5.91 Å². The lowest BCUT2D eigenvalue weighted by Crippen LogP contribution is -2.46. The zero-order valence-electron chi connectivity index (χ0n) is 12.0. The zero-order valence-corrected chi connectivity index (χ0v) is 12.0. The summed E-state index contributed by atoms with van der Waals surface area (Å²) in [6.45, 7) is 10.0. The van der Waals surface area contributed by atoms with Gasteiger partial charge in [-0.1, -0.05) is 27.7 Å². The van der Waals surface area contributed by atoms with Gasteiger partial charge < -0.3 is 15.0 Å². The van der Waals surface area contributed by atoms with Crippen LogP contribution in [0, 0.1) is 0 Å². The Hall–Kier alpha value is -0.610. The van der Waals surface area contributed by atoms with Crippen molar-refractivity contribution in [2.24, 2.45) is 0 Å². The Labute approximate surface area is 106 Å². The summed E-state index contributed by atoms with van der Waals surface area (Å²) in [7, 11) is 1.67. The minimum Gasteiger partial charge on any atom is -0.383 e. The minimum absolute atomic E-state index is 0.171. The molecular weight excluding hydrogens is 216 g/mol. The van der Waals surface area contributed by atoms with E-state index in [1.807, 2.05) is 18.7 Å². The molecule has 0 heterocycles. The fraction of sp³-hybridized carbons (Fsp3) is 0.923. The maximum atomic E-state index is 12.1. The van der Waals surface area contributed by atoms with Gasteiger partial charge in [-0.2, -0.15) is 0 Å². The average molecular weight is 244 g/mol. The van der Waals surface area contributed by atoms with Crippen molar-refractivity contribution in [2.75, 3.05) is 26.8 Å². The summed E-state index contributed by atoms with van der Waals surface area (Å²) in [5.74, 6) is 0.171. The molecule has 0 unspecified atom stereocenters. The first kappa shape index (κ1) is 16.4. The highest BCUT2D eigenvalue weighted by atomic mass is 16.5. The molecule has 0 rings (SSSR count).